The molecule has 0 saturated carbocycles. The lowest BCUT2D eigenvalue weighted by Gasteiger charge is -2.16. The van der Waals surface area contributed by atoms with Crippen molar-refractivity contribution in [1.29, 1.82) is 5.26 Å². The van der Waals surface area contributed by atoms with Crippen molar-refractivity contribution in [3.63, 3.8) is 0 Å². The molecule has 0 N–H and O–H groups in total. The molecule has 2 aromatic heterocycles. The molecule has 0 bridgehead atoms. The minimum atomic E-state index is -2.99. The van der Waals surface area contributed by atoms with Crippen LogP contribution in [0.15, 0.2) is 77.4 Å². The van der Waals surface area contributed by atoms with Crippen molar-refractivity contribution >= 4 is 37.1 Å². The third kappa shape index (κ3) is 4.87. The zero-order valence-electron chi connectivity index (χ0n) is 21.7. The molecule has 3 heterocycles. The Balaban J connectivity index is 1.85. The molecule has 5 rings (SSSR count). The van der Waals surface area contributed by atoms with E-state index in [0.29, 0.717) is 28.8 Å². The van der Waals surface area contributed by atoms with E-state index < -0.39 is 14.8 Å². The third-order valence-corrected chi connectivity index (χ3v) is 6.60. The molecule has 0 fully saturated rings. The average molecular weight is 537 g/mol. The van der Waals surface area contributed by atoms with Crippen LogP contribution in [0, 0.1) is 23.2 Å². The number of para-hydroxylation sites is 2. The minimum absolute atomic E-state index is 0.0362. The molecule has 0 amide bonds. The van der Waals surface area contributed by atoms with Crippen molar-refractivity contribution in [2.45, 2.75) is 26.7 Å². The van der Waals surface area contributed by atoms with Crippen LogP contribution in [0.5, 0.6) is 0 Å². The van der Waals surface area contributed by atoms with E-state index in [1.807, 2.05) is 13.0 Å². The lowest BCUT2D eigenvalue weighted by atomic mass is 10.0. The summed E-state index contributed by atoms with van der Waals surface area (Å²) in [5, 5.41) is 9.07. The number of rotatable bonds is 6. The summed E-state index contributed by atoms with van der Waals surface area (Å²) in [4.78, 5) is 9.10. The van der Waals surface area contributed by atoms with Gasteiger partial charge in [-0.1, -0.05) is 37.8 Å². The molecular formula is C29H21B2F4N5. The van der Waals surface area contributed by atoms with Gasteiger partial charge in [0.25, 0.3) is 0 Å². The Morgan fingerprint density at radius 3 is 2.20 bits per heavy atom. The average Bonchev–Trinajstić information content (AvgIpc) is 3.68. The molecule has 4 aromatic rings. The summed E-state index contributed by atoms with van der Waals surface area (Å²) >= 11 is 0. The van der Waals surface area contributed by atoms with Gasteiger partial charge in [-0.3, -0.25) is 22.3 Å². The van der Waals surface area contributed by atoms with Gasteiger partial charge in [-0.2, -0.15) is 5.26 Å². The normalized spacial score (nSPS) is 13.6. The second-order valence-electron chi connectivity index (χ2n) is 8.96. The molecular weight excluding hydrogens is 516 g/mol. The maximum Gasteiger partial charge on any atom is 0.679 e. The lowest BCUT2D eigenvalue weighted by molar-refractivity contribution is 0.620. The Morgan fingerprint density at radius 1 is 0.875 bits per heavy atom. The van der Waals surface area contributed by atoms with Gasteiger partial charge in [0.2, 0.25) is 0 Å². The number of benzene rings is 2. The molecule has 5 nitrogen and oxygen atoms in total. The summed E-state index contributed by atoms with van der Waals surface area (Å²) in [6.45, 7) is 3.63. The molecule has 0 atom stereocenters. The standard InChI is InChI=1S/C29H21B2F4N5/c1-3-22-15-16-25(37-22)27(29-38-24-7-5-6-8-26(24)40(29)31(34)35)28-21(17-23(4-2)39(28)30(32)33)14-13-19-9-11-20(18-36)12-10-19/h5-12,15-17H,3-4H2,1-2H3/b27-25-. The van der Waals surface area contributed by atoms with Gasteiger partial charge in [0.1, 0.15) is 5.82 Å². The summed E-state index contributed by atoms with van der Waals surface area (Å²) < 4.78 is 60.2. The highest BCUT2D eigenvalue weighted by molar-refractivity contribution is 6.43. The highest BCUT2D eigenvalue weighted by Gasteiger charge is 2.34. The van der Waals surface area contributed by atoms with Crippen molar-refractivity contribution < 1.29 is 17.3 Å². The van der Waals surface area contributed by atoms with Gasteiger partial charge in [-0.15, -0.1) is 0 Å². The van der Waals surface area contributed by atoms with Crippen LogP contribution in [0.3, 0.4) is 0 Å². The Labute approximate surface area is 229 Å². The predicted molar refractivity (Wildman–Crippen MR) is 150 cm³/mol. The van der Waals surface area contributed by atoms with E-state index in [0.717, 1.165) is 8.96 Å². The molecule has 11 heteroatoms. The lowest BCUT2D eigenvalue weighted by Crippen LogP contribution is -2.22. The predicted octanol–water partition coefficient (Wildman–Crippen LogP) is 6.40. The van der Waals surface area contributed by atoms with Crippen LogP contribution in [0.1, 0.15) is 54.2 Å². The van der Waals surface area contributed by atoms with Crippen molar-refractivity contribution in [2.24, 2.45) is 4.99 Å². The minimum Gasteiger partial charge on any atom is -0.328 e. The fraction of sp³-hybridized carbons (Fsp3) is 0.138. The number of aliphatic imine (C=N–C) groups is 1. The van der Waals surface area contributed by atoms with Gasteiger partial charge < -0.3 is 8.96 Å². The summed E-state index contributed by atoms with van der Waals surface area (Å²) in [6, 6.07) is 16.5. The number of fused-ring (bicyclic) bond motifs is 1. The van der Waals surface area contributed by atoms with Crippen molar-refractivity contribution in [2.75, 3.05) is 0 Å². The number of halogens is 4. The number of hydrogen-bond donors (Lipinski definition) is 0. The number of aryl methyl sites for hydroxylation is 1. The molecule has 1 aliphatic heterocycles. The first kappa shape index (κ1) is 26.8. The highest BCUT2D eigenvalue weighted by Crippen LogP contribution is 2.36. The number of allylic oxidation sites excluding steroid dienone is 2. The molecule has 0 saturated heterocycles. The number of imidazole rings is 1. The first-order valence-electron chi connectivity index (χ1n) is 12.7. The van der Waals surface area contributed by atoms with Crippen LogP contribution >= 0.6 is 0 Å². The highest BCUT2D eigenvalue weighted by atomic mass is 19.2. The Kier molecular flexibility index (Phi) is 7.48. The zero-order chi connectivity index (χ0) is 28.4. The molecule has 0 radical (unpaired) electrons. The quantitative estimate of drug-likeness (QED) is 0.163. The van der Waals surface area contributed by atoms with Gasteiger partial charge in [0.05, 0.1) is 45.2 Å². The van der Waals surface area contributed by atoms with E-state index in [4.69, 9.17) is 5.26 Å². The summed E-state index contributed by atoms with van der Waals surface area (Å²) in [5.41, 5.74) is 2.94. The molecule has 0 unspecified atom stereocenters. The summed E-state index contributed by atoms with van der Waals surface area (Å²) in [5.74, 6) is 5.77. The smallest absolute Gasteiger partial charge is 0.328 e. The van der Waals surface area contributed by atoms with Crippen molar-refractivity contribution in [3.8, 4) is 17.9 Å². The zero-order valence-corrected chi connectivity index (χ0v) is 21.7. The van der Waals surface area contributed by atoms with E-state index in [1.165, 1.54) is 6.07 Å². The molecule has 40 heavy (non-hydrogen) atoms. The molecule has 0 aliphatic carbocycles. The van der Waals surface area contributed by atoms with Crippen LogP contribution in [-0.4, -0.2) is 34.5 Å². The summed E-state index contributed by atoms with van der Waals surface area (Å²) in [7, 11) is -5.97. The Bertz CT molecular complexity index is 1800. The fourth-order valence-electron chi connectivity index (χ4n) is 4.69. The van der Waals surface area contributed by atoms with Gasteiger partial charge in [-0.05, 0) is 67.5 Å². The first-order chi connectivity index (χ1) is 19.4. The van der Waals surface area contributed by atoms with Crippen LogP contribution in [0.4, 0.5) is 17.3 Å². The number of hydrogen-bond acceptors (Lipinski definition) is 3. The first-order valence-corrected chi connectivity index (χ1v) is 12.7. The van der Waals surface area contributed by atoms with E-state index in [2.05, 4.69) is 21.8 Å². The van der Waals surface area contributed by atoms with Gasteiger partial charge in [0.15, 0.2) is 0 Å². The Morgan fingerprint density at radius 2 is 1.57 bits per heavy atom. The number of aromatic nitrogens is 3. The third-order valence-electron chi connectivity index (χ3n) is 6.60. The van der Waals surface area contributed by atoms with Crippen molar-refractivity contribution in [1.82, 2.24) is 13.9 Å². The second kappa shape index (κ2) is 11.2. The van der Waals surface area contributed by atoms with E-state index in [1.54, 1.807) is 67.6 Å². The second-order valence-corrected chi connectivity index (χ2v) is 8.96. The van der Waals surface area contributed by atoms with Gasteiger partial charge in [0, 0.05) is 17.0 Å². The number of nitrogens with zero attached hydrogens (tertiary/aromatic N) is 5. The largest absolute Gasteiger partial charge is 0.679 e. The van der Waals surface area contributed by atoms with Crippen LogP contribution < -0.4 is 0 Å². The maximum atomic E-state index is 14.7. The Hall–Kier alpha value is -4.76. The van der Waals surface area contributed by atoms with Crippen molar-refractivity contribution in [3.05, 3.63) is 106 Å². The molecule has 196 valence electrons. The van der Waals surface area contributed by atoms with E-state index >= 15 is 0 Å². The number of nitriles is 1. The van der Waals surface area contributed by atoms with E-state index in [9.17, 15) is 17.3 Å². The van der Waals surface area contributed by atoms with Crippen LogP contribution in [0.2, 0.25) is 0 Å². The van der Waals surface area contributed by atoms with Crippen LogP contribution in [0.25, 0.3) is 16.6 Å². The van der Waals surface area contributed by atoms with Crippen LogP contribution in [-0.2, 0) is 6.42 Å². The monoisotopic (exact) mass is 537 g/mol. The molecule has 1 aliphatic rings. The maximum absolute atomic E-state index is 14.7. The summed E-state index contributed by atoms with van der Waals surface area (Å²) in [6.07, 6.45) is 4.20. The topological polar surface area (TPSA) is 58.9 Å². The molecule has 0 spiro atoms. The fourth-order valence-corrected chi connectivity index (χ4v) is 4.69. The van der Waals surface area contributed by atoms with E-state index in [-0.39, 0.29) is 46.0 Å². The van der Waals surface area contributed by atoms with Gasteiger partial charge >= 0.3 is 14.8 Å². The van der Waals surface area contributed by atoms with Gasteiger partial charge in [-0.25, -0.2) is 4.98 Å². The SMILES string of the molecule is CCC1=N/C(=C(/c2c(C#Cc3ccc(C#N)cc3)cc(CC)n2B(F)F)c2nc3ccccc3n2B(F)F)C=C1. The molecule has 2 aromatic carbocycles.